The van der Waals surface area contributed by atoms with Crippen LogP contribution in [0.2, 0.25) is 0 Å². The molecule has 0 amide bonds. The first-order valence-electron chi connectivity index (χ1n) is 6.13. The molecule has 0 N–H and O–H groups in total. The molecule has 0 saturated carbocycles. The zero-order valence-corrected chi connectivity index (χ0v) is 11.2. The first kappa shape index (κ1) is 13.1. The average molecular weight is 255 g/mol. The van der Waals surface area contributed by atoms with Crippen LogP contribution >= 0.6 is 0 Å². The number of hydrogen-bond acceptors (Lipinski definition) is 3. The number of aryl methyl sites for hydroxylation is 1. The lowest BCUT2D eigenvalue weighted by Crippen LogP contribution is -1.89. The van der Waals surface area contributed by atoms with Gasteiger partial charge in [-0.15, -0.1) is 0 Å². The average Bonchev–Trinajstić information content (AvgIpc) is 2.46. The van der Waals surface area contributed by atoms with Crippen LogP contribution in [0, 0.1) is 6.92 Å². The van der Waals surface area contributed by atoms with E-state index in [2.05, 4.69) is 24.2 Å². The lowest BCUT2D eigenvalue weighted by molar-refractivity contribution is 0.132. The van der Waals surface area contributed by atoms with Crippen molar-refractivity contribution in [3.8, 4) is 5.75 Å². The third kappa shape index (κ3) is 4.14. The molecule has 0 fully saturated rings. The third-order valence-electron chi connectivity index (χ3n) is 2.72. The quantitative estimate of drug-likeness (QED) is 0.604. The molecule has 0 bridgehead atoms. The molecule has 98 valence electrons. The van der Waals surface area contributed by atoms with Crippen molar-refractivity contribution < 1.29 is 9.57 Å². The van der Waals surface area contributed by atoms with Gasteiger partial charge in [0.25, 0.3) is 0 Å². The fraction of sp³-hybridized carbons (Fsp3) is 0.188. The Morgan fingerprint density at radius 2 is 1.89 bits per heavy atom. The summed E-state index contributed by atoms with van der Waals surface area (Å²) in [6, 6.07) is 15.9. The van der Waals surface area contributed by atoms with Gasteiger partial charge in [0, 0.05) is 0 Å². The molecule has 19 heavy (non-hydrogen) atoms. The largest absolute Gasteiger partial charge is 0.497 e. The lowest BCUT2D eigenvalue weighted by atomic mass is 10.2. The normalized spacial score (nSPS) is 10.6. The SMILES string of the molecule is COc1cccc(C=NOCc2ccc(C)cc2)c1. The summed E-state index contributed by atoms with van der Waals surface area (Å²) in [5.41, 5.74) is 3.29. The maximum atomic E-state index is 5.27. The van der Waals surface area contributed by atoms with E-state index in [1.54, 1.807) is 13.3 Å². The molecule has 0 heterocycles. The van der Waals surface area contributed by atoms with Gasteiger partial charge in [-0.25, -0.2) is 0 Å². The molecule has 2 aromatic rings. The van der Waals surface area contributed by atoms with E-state index in [9.17, 15) is 0 Å². The highest BCUT2D eigenvalue weighted by Crippen LogP contribution is 2.11. The summed E-state index contributed by atoms with van der Waals surface area (Å²) >= 11 is 0. The smallest absolute Gasteiger partial charge is 0.142 e. The number of methoxy groups -OCH3 is 1. The minimum Gasteiger partial charge on any atom is -0.497 e. The number of ether oxygens (including phenoxy) is 1. The highest BCUT2D eigenvalue weighted by Gasteiger charge is 1.93. The maximum Gasteiger partial charge on any atom is 0.142 e. The summed E-state index contributed by atoms with van der Waals surface area (Å²) in [6.45, 7) is 2.53. The van der Waals surface area contributed by atoms with E-state index in [-0.39, 0.29) is 0 Å². The molecule has 0 radical (unpaired) electrons. The van der Waals surface area contributed by atoms with Gasteiger partial charge in [-0.3, -0.25) is 0 Å². The Labute approximate surface area is 113 Å². The van der Waals surface area contributed by atoms with E-state index >= 15 is 0 Å². The minimum absolute atomic E-state index is 0.473. The Morgan fingerprint density at radius 1 is 1.11 bits per heavy atom. The van der Waals surface area contributed by atoms with E-state index in [4.69, 9.17) is 9.57 Å². The molecule has 0 unspecified atom stereocenters. The molecule has 0 saturated heterocycles. The summed E-state index contributed by atoms with van der Waals surface area (Å²) in [4.78, 5) is 5.27. The topological polar surface area (TPSA) is 30.8 Å². The van der Waals surface area contributed by atoms with Gasteiger partial charge in [0.1, 0.15) is 12.4 Å². The number of oxime groups is 1. The Morgan fingerprint density at radius 3 is 2.63 bits per heavy atom. The van der Waals surface area contributed by atoms with Crippen molar-refractivity contribution >= 4 is 6.21 Å². The van der Waals surface area contributed by atoms with Gasteiger partial charge in [-0.05, 0) is 30.2 Å². The first-order chi connectivity index (χ1) is 9.28. The molecule has 0 atom stereocenters. The molecule has 0 aliphatic carbocycles. The van der Waals surface area contributed by atoms with Gasteiger partial charge in [0.15, 0.2) is 0 Å². The van der Waals surface area contributed by atoms with Crippen LogP contribution in [0.25, 0.3) is 0 Å². The first-order valence-corrected chi connectivity index (χ1v) is 6.13. The molecule has 3 heteroatoms. The zero-order valence-electron chi connectivity index (χ0n) is 11.2. The van der Waals surface area contributed by atoms with E-state index < -0.39 is 0 Å². The van der Waals surface area contributed by atoms with Gasteiger partial charge in [-0.2, -0.15) is 0 Å². The monoisotopic (exact) mass is 255 g/mol. The molecule has 0 aromatic heterocycles. The molecule has 0 spiro atoms. The van der Waals surface area contributed by atoms with E-state index in [1.807, 2.05) is 36.4 Å². The van der Waals surface area contributed by atoms with Crippen LogP contribution in [0.1, 0.15) is 16.7 Å². The van der Waals surface area contributed by atoms with Crippen molar-refractivity contribution in [3.05, 3.63) is 65.2 Å². The Kier molecular flexibility index (Phi) is 4.56. The second kappa shape index (κ2) is 6.59. The lowest BCUT2D eigenvalue weighted by Gasteiger charge is -2.01. The Bertz CT molecular complexity index is 547. The molecule has 3 nitrogen and oxygen atoms in total. The Hall–Kier alpha value is -2.29. The Balaban J connectivity index is 1.87. The van der Waals surface area contributed by atoms with E-state index in [0.717, 1.165) is 16.9 Å². The predicted molar refractivity (Wildman–Crippen MR) is 76.6 cm³/mol. The van der Waals surface area contributed by atoms with Crippen LogP contribution in [0.3, 0.4) is 0 Å². The fourth-order valence-electron chi connectivity index (χ4n) is 1.62. The molecule has 0 aliphatic rings. The summed E-state index contributed by atoms with van der Waals surface area (Å²) in [6.07, 6.45) is 1.68. The molecule has 2 aromatic carbocycles. The number of benzene rings is 2. The predicted octanol–water partition coefficient (Wildman–Crippen LogP) is 3.55. The fourth-order valence-corrected chi connectivity index (χ4v) is 1.62. The second-order valence-corrected chi connectivity index (χ2v) is 4.27. The van der Waals surface area contributed by atoms with Crippen molar-refractivity contribution in [1.29, 1.82) is 0 Å². The van der Waals surface area contributed by atoms with E-state index in [1.165, 1.54) is 5.56 Å². The van der Waals surface area contributed by atoms with Crippen molar-refractivity contribution in [2.75, 3.05) is 7.11 Å². The van der Waals surface area contributed by atoms with Crippen LogP contribution < -0.4 is 4.74 Å². The van der Waals surface area contributed by atoms with Crippen molar-refractivity contribution in [2.24, 2.45) is 5.16 Å². The molecular formula is C16H17NO2. The van der Waals surface area contributed by atoms with Crippen molar-refractivity contribution in [3.63, 3.8) is 0 Å². The highest BCUT2D eigenvalue weighted by molar-refractivity contribution is 5.79. The van der Waals surface area contributed by atoms with Gasteiger partial charge in [0.05, 0.1) is 13.3 Å². The van der Waals surface area contributed by atoms with Gasteiger partial charge in [0.2, 0.25) is 0 Å². The van der Waals surface area contributed by atoms with Crippen LogP contribution in [0.15, 0.2) is 53.7 Å². The molecular weight excluding hydrogens is 238 g/mol. The maximum absolute atomic E-state index is 5.27. The summed E-state index contributed by atoms with van der Waals surface area (Å²) in [5, 5.41) is 3.95. The number of rotatable bonds is 5. The van der Waals surface area contributed by atoms with Crippen LogP contribution in [-0.2, 0) is 11.4 Å². The standard InChI is InChI=1S/C16H17NO2/c1-13-6-8-14(9-7-13)12-19-17-11-15-4-3-5-16(10-15)18-2/h3-11H,12H2,1-2H3. The van der Waals surface area contributed by atoms with Crippen molar-refractivity contribution in [1.82, 2.24) is 0 Å². The highest BCUT2D eigenvalue weighted by atomic mass is 16.6. The van der Waals surface area contributed by atoms with Crippen LogP contribution in [0.4, 0.5) is 0 Å². The molecule has 0 aliphatic heterocycles. The summed E-state index contributed by atoms with van der Waals surface area (Å²) in [5.74, 6) is 0.808. The molecule has 2 rings (SSSR count). The number of nitrogens with zero attached hydrogens (tertiary/aromatic N) is 1. The summed E-state index contributed by atoms with van der Waals surface area (Å²) < 4.78 is 5.14. The summed E-state index contributed by atoms with van der Waals surface area (Å²) in [7, 11) is 1.64. The second-order valence-electron chi connectivity index (χ2n) is 4.27. The zero-order chi connectivity index (χ0) is 13.5. The van der Waals surface area contributed by atoms with Crippen LogP contribution in [0.5, 0.6) is 5.75 Å². The van der Waals surface area contributed by atoms with Gasteiger partial charge >= 0.3 is 0 Å². The van der Waals surface area contributed by atoms with Crippen LogP contribution in [-0.4, -0.2) is 13.3 Å². The van der Waals surface area contributed by atoms with Gasteiger partial charge in [-0.1, -0.05) is 47.1 Å². The number of hydrogen-bond donors (Lipinski definition) is 0. The minimum atomic E-state index is 0.473. The van der Waals surface area contributed by atoms with E-state index in [0.29, 0.717) is 6.61 Å². The third-order valence-corrected chi connectivity index (χ3v) is 2.72. The van der Waals surface area contributed by atoms with Crippen molar-refractivity contribution in [2.45, 2.75) is 13.5 Å². The van der Waals surface area contributed by atoms with Gasteiger partial charge < -0.3 is 9.57 Å².